The average molecular weight is 332 g/mol. The Labute approximate surface area is 128 Å². The summed E-state index contributed by atoms with van der Waals surface area (Å²) >= 11 is 3.53. The van der Waals surface area contributed by atoms with Crippen molar-refractivity contribution in [2.45, 2.75) is 25.5 Å². The Morgan fingerprint density at radius 2 is 2.00 bits per heavy atom. The van der Waals surface area contributed by atoms with Crippen LogP contribution >= 0.6 is 15.9 Å². The maximum atomic E-state index is 6.21. The lowest BCUT2D eigenvalue weighted by Gasteiger charge is -2.33. The maximum absolute atomic E-state index is 6.21. The number of fused-ring (bicyclic) bond motifs is 1. The first-order valence-electron chi connectivity index (χ1n) is 7.02. The Balaban J connectivity index is 1.95. The highest BCUT2D eigenvalue weighted by Crippen LogP contribution is 2.41. The van der Waals surface area contributed by atoms with Gasteiger partial charge in [0.25, 0.3) is 0 Å². The Hall–Kier alpha value is -1.32. The van der Waals surface area contributed by atoms with Crippen LogP contribution < -0.4 is 10.1 Å². The largest absolute Gasteiger partial charge is 0.485 e. The molecule has 2 atom stereocenters. The van der Waals surface area contributed by atoms with Gasteiger partial charge in [-0.2, -0.15) is 0 Å². The average Bonchev–Trinajstić information content (AvgIpc) is 2.48. The highest BCUT2D eigenvalue weighted by atomic mass is 79.9. The molecule has 0 fully saturated rings. The Morgan fingerprint density at radius 1 is 1.20 bits per heavy atom. The van der Waals surface area contributed by atoms with Gasteiger partial charge in [0.15, 0.2) is 0 Å². The van der Waals surface area contributed by atoms with Crippen LogP contribution in [-0.2, 0) is 0 Å². The van der Waals surface area contributed by atoms with Gasteiger partial charge in [0, 0.05) is 22.5 Å². The standard InChI is InChI=1S/C17H18BrNO/c1-2-19-15-11-16(12-6-4-3-5-7-12)20-17-10-13(18)8-9-14(15)17/h3-10,15-16,19H,2,11H2,1H3. The molecule has 1 aliphatic rings. The first-order valence-corrected chi connectivity index (χ1v) is 7.81. The number of ether oxygens (including phenoxy) is 1. The molecule has 1 heterocycles. The molecule has 0 radical (unpaired) electrons. The molecule has 3 heteroatoms. The summed E-state index contributed by atoms with van der Waals surface area (Å²) in [5.74, 6) is 0.977. The molecule has 1 N–H and O–H groups in total. The number of halogens is 1. The third kappa shape index (κ3) is 2.74. The van der Waals surface area contributed by atoms with Crippen molar-refractivity contribution in [2.24, 2.45) is 0 Å². The van der Waals surface area contributed by atoms with E-state index in [1.165, 1.54) is 11.1 Å². The second-order valence-electron chi connectivity index (χ2n) is 5.05. The molecule has 2 aromatic rings. The van der Waals surface area contributed by atoms with Crippen LogP contribution in [0.4, 0.5) is 0 Å². The van der Waals surface area contributed by atoms with E-state index in [2.05, 4.69) is 70.6 Å². The highest BCUT2D eigenvalue weighted by molar-refractivity contribution is 9.10. The number of hydrogen-bond donors (Lipinski definition) is 1. The SMILES string of the molecule is CCNC1CC(c2ccccc2)Oc2cc(Br)ccc21. The van der Waals surface area contributed by atoms with E-state index < -0.39 is 0 Å². The number of rotatable bonds is 3. The van der Waals surface area contributed by atoms with Crippen LogP contribution in [0, 0.1) is 0 Å². The van der Waals surface area contributed by atoms with Gasteiger partial charge < -0.3 is 10.1 Å². The summed E-state index contributed by atoms with van der Waals surface area (Å²) in [6.07, 6.45) is 1.08. The van der Waals surface area contributed by atoms with Crippen LogP contribution in [0.25, 0.3) is 0 Å². The first-order chi connectivity index (χ1) is 9.78. The summed E-state index contributed by atoms with van der Waals surface area (Å²) in [5, 5.41) is 3.56. The fourth-order valence-corrected chi connectivity index (χ4v) is 3.09. The van der Waals surface area contributed by atoms with E-state index in [-0.39, 0.29) is 6.10 Å². The third-order valence-corrected chi connectivity index (χ3v) is 4.19. The van der Waals surface area contributed by atoms with E-state index in [0.29, 0.717) is 6.04 Å². The van der Waals surface area contributed by atoms with Crippen molar-refractivity contribution in [1.29, 1.82) is 0 Å². The van der Waals surface area contributed by atoms with E-state index in [4.69, 9.17) is 4.74 Å². The molecule has 0 amide bonds. The van der Waals surface area contributed by atoms with Crippen LogP contribution in [0.2, 0.25) is 0 Å². The fourth-order valence-electron chi connectivity index (χ4n) is 2.75. The van der Waals surface area contributed by atoms with E-state index in [1.54, 1.807) is 0 Å². The Morgan fingerprint density at radius 3 is 2.75 bits per heavy atom. The fraction of sp³-hybridized carbons (Fsp3) is 0.294. The molecule has 2 nitrogen and oxygen atoms in total. The van der Waals surface area contributed by atoms with Gasteiger partial charge in [-0.25, -0.2) is 0 Å². The zero-order valence-corrected chi connectivity index (χ0v) is 13.1. The van der Waals surface area contributed by atoms with E-state index in [9.17, 15) is 0 Å². The van der Waals surface area contributed by atoms with Crippen molar-refractivity contribution in [1.82, 2.24) is 5.32 Å². The van der Waals surface area contributed by atoms with Crippen molar-refractivity contribution >= 4 is 15.9 Å². The van der Waals surface area contributed by atoms with Gasteiger partial charge in [0.2, 0.25) is 0 Å². The van der Waals surface area contributed by atoms with Gasteiger partial charge in [0.05, 0.1) is 0 Å². The van der Waals surface area contributed by atoms with Gasteiger partial charge in [-0.15, -0.1) is 0 Å². The predicted octanol–water partition coefficient (Wildman–Crippen LogP) is 4.62. The molecular formula is C17H18BrNO. The monoisotopic (exact) mass is 331 g/mol. The summed E-state index contributed by atoms with van der Waals surface area (Å²) in [6, 6.07) is 17.1. The van der Waals surface area contributed by atoms with Gasteiger partial charge in [-0.1, -0.05) is 59.3 Å². The molecule has 20 heavy (non-hydrogen) atoms. The van der Waals surface area contributed by atoms with Gasteiger partial charge in [-0.3, -0.25) is 0 Å². The molecule has 0 saturated heterocycles. The topological polar surface area (TPSA) is 21.3 Å². The minimum atomic E-state index is 0.113. The normalized spacial score (nSPS) is 21.1. The van der Waals surface area contributed by atoms with Gasteiger partial charge >= 0.3 is 0 Å². The van der Waals surface area contributed by atoms with Gasteiger partial charge in [-0.05, 0) is 24.2 Å². The molecule has 2 aromatic carbocycles. The molecule has 3 rings (SSSR count). The summed E-state index contributed by atoms with van der Waals surface area (Å²) in [4.78, 5) is 0. The molecule has 2 unspecified atom stereocenters. The second-order valence-corrected chi connectivity index (χ2v) is 5.96. The zero-order valence-electron chi connectivity index (χ0n) is 11.5. The minimum Gasteiger partial charge on any atom is -0.485 e. The summed E-state index contributed by atoms with van der Waals surface area (Å²) in [6.45, 7) is 3.10. The molecule has 0 aromatic heterocycles. The van der Waals surface area contributed by atoms with Crippen LogP contribution in [-0.4, -0.2) is 6.54 Å². The molecule has 0 saturated carbocycles. The lowest BCUT2D eigenvalue weighted by Crippen LogP contribution is -2.29. The van der Waals surface area contributed by atoms with Crippen LogP contribution in [0.15, 0.2) is 53.0 Å². The Kier molecular flexibility index (Phi) is 4.08. The van der Waals surface area contributed by atoms with Crippen molar-refractivity contribution in [3.8, 4) is 5.75 Å². The zero-order chi connectivity index (χ0) is 13.9. The first kappa shape index (κ1) is 13.7. The third-order valence-electron chi connectivity index (χ3n) is 3.69. The van der Waals surface area contributed by atoms with Crippen LogP contribution in [0.5, 0.6) is 5.75 Å². The second kappa shape index (κ2) is 5.98. The smallest absolute Gasteiger partial charge is 0.126 e. The van der Waals surface area contributed by atoms with Gasteiger partial charge in [0.1, 0.15) is 11.9 Å². The number of nitrogens with one attached hydrogen (secondary N) is 1. The molecule has 104 valence electrons. The maximum Gasteiger partial charge on any atom is 0.126 e. The van der Waals surface area contributed by atoms with Crippen molar-refractivity contribution in [3.63, 3.8) is 0 Å². The summed E-state index contributed by atoms with van der Waals surface area (Å²) in [5.41, 5.74) is 2.49. The quantitative estimate of drug-likeness (QED) is 0.885. The molecule has 0 spiro atoms. The highest BCUT2D eigenvalue weighted by Gasteiger charge is 2.28. The summed E-state index contributed by atoms with van der Waals surface area (Å²) in [7, 11) is 0. The van der Waals surface area contributed by atoms with E-state index in [0.717, 1.165) is 23.2 Å². The van der Waals surface area contributed by atoms with Crippen molar-refractivity contribution in [2.75, 3.05) is 6.54 Å². The number of hydrogen-bond acceptors (Lipinski definition) is 2. The Bertz CT molecular complexity index is 585. The van der Waals surface area contributed by atoms with E-state index in [1.807, 2.05) is 6.07 Å². The van der Waals surface area contributed by atoms with E-state index >= 15 is 0 Å². The van der Waals surface area contributed by atoms with Crippen molar-refractivity contribution < 1.29 is 4.74 Å². The molecular weight excluding hydrogens is 314 g/mol. The molecule has 1 aliphatic heterocycles. The van der Waals surface area contributed by atoms with Crippen molar-refractivity contribution in [3.05, 3.63) is 64.1 Å². The number of benzene rings is 2. The minimum absolute atomic E-state index is 0.113. The summed E-state index contributed by atoms with van der Waals surface area (Å²) < 4.78 is 7.26. The molecule has 0 bridgehead atoms. The van der Waals surface area contributed by atoms with Crippen LogP contribution in [0.3, 0.4) is 0 Å². The molecule has 0 aliphatic carbocycles. The lowest BCUT2D eigenvalue weighted by atomic mass is 9.93. The lowest BCUT2D eigenvalue weighted by molar-refractivity contribution is 0.152. The predicted molar refractivity (Wildman–Crippen MR) is 85.0 cm³/mol. The van der Waals surface area contributed by atoms with Crippen LogP contribution in [0.1, 0.15) is 36.6 Å².